The van der Waals surface area contributed by atoms with Crippen molar-refractivity contribution in [1.82, 2.24) is 57.8 Å². The number of hydrogen-bond donors (Lipinski definition) is 5. The second-order valence-electron chi connectivity index (χ2n) is 36.3. The number of aliphatic hydroxyl groups excluding tert-OH is 3. The van der Waals surface area contributed by atoms with Gasteiger partial charge in [0.1, 0.15) is 6.10 Å². The Hall–Kier alpha value is -14.1. The summed E-state index contributed by atoms with van der Waals surface area (Å²) in [5.74, 6) is -1.77. The Morgan fingerprint density at radius 1 is 0.438 bits per heavy atom. The number of fused-ring (bicyclic) bond motifs is 4. The van der Waals surface area contributed by atoms with Crippen LogP contribution in [0.15, 0.2) is 146 Å². The monoisotopic (exact) mass is 1850 g/mol. The van der Waals surface area contributed by atoms with Crippen LogP contribution in [-0.2, 0) is 40.5 Å². The number of Topliss-reactive ketones (excluding diaryl/α,β-unsaturated/α-hetero) is 4. The van der Waals surface area contributed by atoms with Crippen molar-refractivity contribution in [3.05, 3.63) is 259 Å². The number of ketones is 4. The Morgan fingerprint density at radius 3 is 1.05 bits per heavy atom. The summed E-state index contributed by atoms with van der Waals surface area (Å²) in [6.07, 6.45) is 16.3. The van der Waals surface area contributed by atoms with Crippen LogP contribution >= 0.6 is 0 Å². The molecule has 12 heterocycles. The molecule has 4 aromatic carbocycles. The number of rotatable bonds is 28. The van der Waals surface area contributed by atoms with Crippen LogP contribution in [0.4, 0.5) is 22.7 Å². The fourth-order valence-corrected chi connectivity index (χ4v) is 19.2. The number of nitrogens with two attached hydrogens (primary N) is 2. The maximum Gasteiger partial charge on any atom is 0.306 e. The van der Waals surface area contributed by atoms with Crippen molar-refractivity contribution < 1.29 is 63.1 Å². The zero-order valence-corrected chi connectivity index (χ0v) is 78.8. The number of ether oxygens (including phenoxy) is 2. The van der Waals surface area contributed by atoms with Gasteiger partial charge in [-0.05, 0) is 232 Å². The van der Waals surface area contributed by atoms with E-state index in [2.05, 4.69) is 44.0 Å². The zero-order valence-electron chi connectivity index (χ0n) is 78.8. The molecule has 7 N–H and O–H groups in total. The summed E-state index contributed by atoms with van der Waals surface area (Å²) in [6, 6.07) is 36.7. The molecule has 17 rings (SSSR count). The predicted molar refractivity (Wildman–Crippen MR) is 523 cm³/mol. The summed E-state index contributed by atoms with van der Waals surface area (Å²) in [6.45, 7) is 50.4. The normalized spacial score (nSPS) is 16.0. The largest absolute Gasteiger partial charge is 0.469 e. The highest BCUT2D eigenvalue weighted by molar-refractivity contribution is 6.13. The number of pyridine rings is 4. The molecule has 1 aliphatic carbocycles. The van der Waals surface area contributed by atoms with Crippen molar-refractivity contribution in [3.8, 4) is 22.7 Å². The van der Waals surface area contributed by atoms with Crippen LogP contribution in [-0.4, -0.2) is 231 Å². The number of aromatic nitrogens is 8. The van der Waals surface area contributed by atoms with Crippen LogP contribution in [0.1, 0.15) is 209 Å². The number of carbonyl (C=O) groups excluding carboxylic acids is 8. The summed E-state index contributed by atoms with van der Waals surface area (Å²) >= 11 is 0. The summed E-state index contributed by atoms with van der Waals surface area (Å²) in [5.41, 5.74) is 29.9. The fraction of sp³-hybridized carbons (Fsp3) is 0.396. The van der Waals surface area contributed by atoms with Gasteiger partial charge in [0.15, 0.2) is 45.9 Å². The predicted octanol–water partition coefficient (Wildman–Crippen LogP) is 15.8. The molecule has 12 aromatic rings. The average molecular weight is 1850 g/mol. The number of carbonyl (C=O) groups is 8. The second-order valence-corrected chi connectivity index (χ2v) is 36.3. The average Bonchev–Trinajstić information content (AvgIpc) is 1.57. The van der Waals surface area contributed by atoms with Crippen LogP contribution in [0, 0.1) is 54.0 Å². The summed E-state index contributed by atoms with van der Waals surface area (Å²) < 4.78 is 17.9. The summed E-state index contributed by atoms with van der Waals surface area (Å²) in [4.78, 5) is 142. The lowest BCUT2D eigenvalue weighted by molar-refractivity contribution is -0.143. The number of piperidine rings is 4. The molecule has 5 fully saturated rings. The third kappa shape index (κ3) is 22.4. The molecule has 2 amide bonds. The number of amides is 2. The third-order valence-electron chi connectivity index (χ3n) is 27.0. The van der Waals surface area contributed by atoms with E-state index in [-0.39, 0.29) is 97.4 Å². The van der Waals surface area contributed by atoms with Crippen molar-refractivity contribution in [3.63, 3.8) is 0 Å². The summed E-state index contributed by atoms with van der Waals surface area (Å²) in [5, 5.41) is 29.5. The minimum atomic E-state index is -1.34. The number of likely N-dealkylation sites (tertiary alicyclic amines) is 4. The van der Waals surface area contributed by atoms with E-state index >= 15 is 0 Å². The zero-order chi connectivity index (χ0) is 97.6. The van der Waals surface area contributed by atoms with Crippen LogP contribution in [0.25, 0.3) is 86.3 Å². The number of nitrogens with zero attached hydrogens (tertiary/aromatic N) is 16. The standard InChI is InChI=1S/C28H32N4O3.C27H30N4O3.C26H27N5O3.C25H27N5O4/c1-5-35-26(34)15-19(2)21-16-24-28(30-17-21)27(25(33)18-31-13-7-6-8-14-31)20(3)32(24)23-11-9-22(29-4)10-12-23;1-18(14-25(33)34-4)20-15-23-27(29-16-20)26(24(32)17-30-12-6-5-7-13-30)19(2)31(23)22-10-8-21(28-3)9-11-22;1-16-23(22(33)15-30-11-7-20(32)8-12-30)24-21(31(16)19-5-3-18(28-2)4-6-19)13-17(14-29-24)26(9-10-26)25(27)34;1-15-23(22(33)14-29-9-7-19(31)8-10-29)24-20(11-16(13-28-24)12-21(32)25(26)34)30(15)18-5-3-17(27-2)4-6-18/h9-12,16-17,19H,5-8,13-15,18H2,1-3H3;8-11,15-16,18H,5-7,12-14,17H2,1-2,4H3;3-6,13-14,20,32H,7-12,15H2,1H3,(H2,27,34);3-6,11,13,19,21,31-32H,7-10,12,14H2,1H3,(H2,26,34)/t19-;18-;;/m01../s1. The Labute approximate surface area is 796 Å². The van der Waals surface area contributed by atoms with Gasteiger partial charge in [-0.2, -0.15) is 0 Å². The minimum absolute atomic E-state index is 0.0124. The van der Waals surface area contributed by atoms with Crippen LogP contribution < -0.4 is 11.5 Å². The van der Waals surface area contributed by atoms with Gasteiger partial charge in [-0.1, -0.05) is 75.2 Å². The first-order valence-electron chi connectivity index (χ1n) is 46.8. The minimum Gasteiger partial charge on any atom is -0.469 e. The van der Waals surface area contributed by atoms with E-state index in [0.29, 0.717) is 168 Å². The Kier molecular flexibility index (Phi) is 31.8. The van der Waals surface area contributed by atoms with Gasteiger partial charge >= 0.3 is 11.9 Å². The number of benzene rings is 4. The quantitative estimate of drug-likeness (QED) is 0.0173. The lowest BCUT2D eigenvalue weighted by Gasteiger charge is -2.28. The number of aliphatic hydroxyl groups is 3. The molecule has 0 radical (unpaired) electrons. The molecule has 4 aliphatic heterocycles. The maximum atomic E-state index is 13.5. The molecule has 31 nitrogen and oxygen atoms in total. The summed E-state index contributed by atoms with van der Waals surface area (Å²) in [7, 11) is 1.39. The lowest BCUT2D eigenvalue weighted by atomic mass is 9.96. The van der Waals surface area contributed by atoms with Gasteiger partial charge < -0.3 is 54.5 Å². The van der Waals surface area contributed by atoms with Gasteiger partial charge in [-0.3, -0.25) is 77.9 Å². The number of methoxy groups -OCH3 is 1. The Morgan fingerprint density at radius 2 is 0.745 bits per heavy atom. The molecule has 3 atom stereocenters. The van der Waals surface area contributed by atoms with Gasteiger partial charge in [0.05, 0.1) is 163 Å². The smallest absolute Gasteiger partial charge is 0.306 e. The highest BCUT2D eigenvalue weighted by Gasteiger charge is 2.51. The van der Waals surface area contributed by atoms with Gasteiger partial charge in [0, 0.05) is 103 Å². The SMILES string of the molecule is [C-]#[N+]c1ccc(-n2c(C)c(C(=O)CN3CCC(O)CC3)c3ncc(C4(C(N)=O)CC4)cc32)cc1.[C-]#[N+]c1ccc(-n2c(C)c(C(=O)CN3CCC(O)CC3)c3ncc(CC(O)C(N)=O)cc32)cc1.[C-]#[N+]c1ccc(-n2c(C)c(C(=O)CN3CCCCC3)c3ncc([C@@H](C)CC(=O)OCC)cc32)cc1.[C-]#[N+]c1ccc(-n2c(C)c(C(=O)CN3CCCCC3)c3ncc([C@H](C)CC(=O)OC)cc32)cc1. The molecule has 5 aliphatic rings. The first-order chi connectivity index (χ1) is 66.0. The van der Waals surface area contributed by atoms with Crippen LogP contribution in [0.3, 0.4) is 0 Å². The molecule has 4 saturated heterocycles. The topological polar surface area (TPSA) is 369 Å². The number of esters is 2. The molecule has 1 unspecified atom stereocenters. The van der Waals surface area contributed by atoms with Crippen molar-refractivity contribution in [2.75, 3.05) is 92.3 Å². The molecule has 0 bridgehead atoms. The molecule has 0 spiro atoms. The van der Waals surface area contributed by atoms with E-state index in [1.165, 1.54) is 20.0 Å². The van der Waals surface area contributed by atoms with E-state index in [9.17, 15) is 53.7 Å². The third-order valence-corrected chi connectivity index (χ3v) is 27.0. The maximum absolute atomic E-state index is 13.5. The van der Waals surface area contributed by atoms with Crippen molar-refractivity contribution >= 4 is 114 Å². The van der Waals surface area contributed by atoms with Crippen molar-refractivity contribution in [2.24, 2.45) is 11.5 Å². The van der Waals surface area contributed by atoms with Gasteiger partial charge in [-0.15, -0.1) is 0 Å². The molecule has 8 aromatic heterocycles. The molecular formula is C106H116N18O13. The fourth-order valence-electron chi connectivity index (χ4n) is 19.2. The van der Waals surface area contributed by atoms with Gasteiger partial charge in [0.2, 0.25) is 11.8 Å². The molecule has 31 heteroatoms. The van der Waals surface area contributed by atoms with Gasteiger partial charge in [0.25, 0.3) is 0 Å². The van der Waals surface area contributed by atoms with Crippen molar-refractivity contribution in [2.45, 2.75) is 180 Å². The number of hydrogen-bond acceptors (Lipinski definition) is 21. The highest BCUT2D eigenvalue weighted by Crippen LogP contribution is 2.49. The molecule has 137 heavy (non-hydrogen) atoms. The van der Waals surface area contributed by atoms with Crippen LogP contribution in [0.2, 0.25) is 0 Å². The molecule has 708 valence electrons. The number of primary amides is 2. The Balaban J connectivity index is 0.000000146. The first-order valence-corrected chi connectivity index (χ1v) is 46.8. The first kappa shape index (κ1) is 98.9. The van der Waals surface area contributed by atoms with E-state index < -0.39 is 17.4 Å². The van der Waals surface area contributed by atoms with Crippen molar-refractivity contribution in [1.29, 1.82) is 0 Å². The van der Waals surface area contributed by atoms with E-state index in [1.807, 2.05) is 131 Å². The molecular weight excluding hydrogens is 1730 g/mol. The molecule has 1 saturated carbocycles. The van der Waals surface area contributed by atoms with E-state index in [0.717, 1.165) is 125 Å². The highest BCUT2D eigenvalue weighted by atomic mass is 16.5. The van der Waals surface area contributed by atoms with Crippen LogP contribution in [0.5, 0.6) is 0 Å². The second kappa shape index (κ2) is 44.1. The Bertz CT molecular complexity index is 6710. The van der Waals surface area contributed by atoms with Gasteiger partial charge in [-0.25, -0.2) is 19.4 Å². The van der Waals surface area contributed by atoms with E-state index in [1.54, 1.807) is 86.3 Å². The van der Waals surface area contributed by atoms with E-state index in [4.69, 9.17) is 57.2 Å². The lowest BCUT2D eigenvalue weighted by Crippen LogP contribution is -2.39.